The number of rotatable bonds is 8. The van der Waals surface area contributed by atoms with E-state index in [1.165, 1.54) is 11.9 Å². The Balaban J connectivity index is 1.67. The molecule has 0 spiro atoms. The van der Waals surface area contributed by atoms with E-state index >= 15 is 0 Å². The number of hydrogen-bond donors (Lipinski definition) is 0. The van der Waals surface area contributed by atoms with Gasteiger partial charge in [0.2, 0.25) is 0 Å². The Bertz CT molecular complexity index is 886. The molecule has 0 N–H and O–H groups in total. The highest BCUT2D eigenvalue weighted by Gasteiger charge is 2.17. The molecule has 28 heavy (non-hydrogen) atoms. The molecule has 0 saturated carbocycles. The van der Waals surface area contributed by atoms with E-state index in [1.54, 1.807) is 23.4 Å². The van der Waals surface area contributed by atoms with Crippen LogP contribution >= 0.6 is 0 Å². The number of benzene rings is 1. The standard InChI is InChI=1S/C22H25N5O/c1-3-27(16-19-7-5-4-6-8-19)22(28)20-15-21(25-17-24-20)26(2)14-11-18-9-12-23-13-10-18/h4-10,12-13,15,17H,3,11,14,16H2,1-2H3. The van der Waals surface area contributed by atoms with Crippen molar-refractivity contribution in [2.45, 2.75) is 19.9 Å². The van der Waals surface area contributed by atoms with Crippen LogP contribution in [0.25, 0.3) is 0 Å². The molecular formula is C22H25N5O. The second-order valence-corrected chi connectivity index (χ2v) is 6.59. The van der Waals surface area contributed by atoms with Crippen LogP contribution in [0.5, 0.6) is 0 Å². The zero-order valence-electron chi connectivity index (χ0n) is 16.3. The lowest BCUT2D eigenvalue weighted by molar-refractivity contribution is 0.0746. The van der Waals surface area contributed by atoms with E-state index in [-0.39, 0.29) is 5.91 Å². The van der Waals surface area contributed by atoms with Crippen LogP contribution < -0.4 is 4.90 Å². The molecule has 2 aromatic heterocycles. The number of amides is 1. The Kier molecular flexibility index (Phi) is 6.68. The molecule has 3 aromatic rings. The normalized spacial score (nSPS) is 10.5. The van der Waals surface area contributed by atoms with Crippen molar-refractivity contribution in [2.75, 3.05) is 25.0 Å². The van der Waals surface area contributed by atoms with Gasteiger partial charge in [-0.05, 0) is 36.6 Å². The number of anilines is 1. The molecule has 1 aromatic carbocycles. The predicted molar refractivity (Wildman–Crippen MR) is 110 cm³/mol. The zero-order chi connectivity index (χ0) is 19.8. The molecule has 144 valence electrons. The molecule has 0 bridgehead atoms. The van der Waals surface area contributed by atoms with Gasteiger partial charge in [-0.1, -0.05) is 30.3 Å². The molecule has 0 saturated heterocycles. The number of carbonyl (C=O) groups excluding carboxylic acids is 1. The van der Waals surface area contributed by atoms with Crippen LogP contribution in [0.15, 0.2) is 67.3 Å². The molecule has 0 aliphatic rings. The molecule has 0 unspecified atom stereocenters. The third kappa shape index (κ3) is 5.13. The number of aromatic nitrogens is 3. The highest BCUT2D eigenvalue weighted by Crippen LogP contribution is 2.14. The first kappa shape index (κ1) is 19.5. The first-order valence-corrected chi connectivity index (χ1v) is 9.42. The molecule has 0 aliphatic heterocycles. The van der Waals surface area contributed by atoms with Crippen molar-refractivity contribution >= 4 is 11.7 Å². The lowest BCUT2D eigenvalue weighted by atomic mass is 10.2. The lowest BCUT2D eigenvalue weighted by Crippen LogP contribution is -2.31. The predicted octanol–water partition coefficient (Wildman–Crippen LogP) is 3.21. The van der Waals surface area contributed by atoms with Gasteiger partial charge in [-0.15, -0.1) is 0 Å². The van der Waals surface area contributed by atoms with E-state index in [0.29, 0.717) is 18.8 Å². The van der Waals surface area contributed by atoms with Crippen molar-refractivity contribution in [3.63, 3.8) is 0 Å². The number of hydrogen-bond acceptors (Lipinski definition) is 5. The molecule has 0 fully saturated rings. The van der Waals surface area contributed by atoms with Crippen molar-refractivity contribution in [1.82, 2.24) is 19.9 Å². The Morgan fingerprint density at radius 3 is 2.46 bits per heavy atom. The SMILES string of the molecule is CCN(Cc1ccccc1)C(=O)c1cc(N(C)CCc2ccncc2)ncn1. The summed E-state index contributed by atoms with van der Waals surface area (Å²) < 4.78 is 0. The summed E-state index contributed by atoms with van der Waals surface area (Å²) in [6.45, 7) is 3.94. The second-order valence-electron chi connectivity index (χ2n) is 6.59. The van der Waals surface area contributed by atoms with E-state index in [2.05, 4.69) is 15.0 Å². The minimum atomic E-state index is -0.0856. The Hall–Kier alpha value is -3.28. The number of carbonyl (C=O) groups is 1. The van der Waals surface area contributed by atoms with Gasteiger partial charge in [-0.25, -0.2) is 9.97 Å². The van der Waals surface area contributed by atoms with Gasteiger partial charge in [0, 0.05) is 45.1 Å². The van der Waals surface area contributed by atoms with E-state index in [9.17, 15) is 4.79 Å². The number of pyridine rings is 1. The first-order valence-electron chi connectivity index (χ1n) is 9.42. The van der Waals surface area contributed by atoms with Gasteiger partial charge in [0.25, 0.3) is 5.91 Å². The summed E-state index contributed by atoms with van der Waals surface area (Å²) in [6.07, 6.45) is 5.93. The van der Waals surface area contributed by atoms with Gasteiger partial charge >= 0.3 is 0 Å². The fourth-order valence-electron chi connectivity index (χ4n) is 2.93. The average Bonchev–Trinajstić information content (AvgIpc) is 2.77. The zero-order valence-corrected chi connectivity index (χ0v) is 16.3. The summed E-state index contributed by atoms with van der Waals surface area (Å²) in [5, 5.41) is 0. The Morgan fingerprint density at radius 2 is 1.75 bits per heavy atom. The average molecular weight is 375 g/mol. The van der Waals surface area contributed by atoms with E-state index in [4.69, 9.17) is 0 Å². The molecule has 0 atom stereocenters. The third-order valence-electron chi connectivity index (χ3n) is 4.63. The van der Waals surface area contributed by atoms with Crippen molar-refractivity contribution < 1.29 is 4.79 Å². The molecule has 6 heteroatoms. The maximum absolute atomic E-state index is 12.9. The van der Waals surface area contributed by atoms with Gasteiger partial charge in [0.05, 0.1) is 0 Å². The van der Waals surface area contributed by atoms with Crippen LogP contribution in [0.1, 0.15) is 28.5 Å². The minimum absolute atomic E-state index is 0.0856. The summed E-state index contributed by atoms with van der Waals surface area (Å²) in [5.74, 6) is 0.653. The van der Waals surface area contributed by atoms with Gasteiger partial charge in [0.15, 0.2) is 0 Å². The van der Waals surface area contributed by atoms with Gasteiger partial charge < -0.3 is 9.80 Å². The summed E-state index contributed by atoms with van der Waals surface area (Å²) >= 11 is 0. The smallest absolute Gasteiger partial charge is 0.272 e. The molecule has 0 radical (unpaired) electrons. The van der Waals surface area contributed by atoms with E-state index in [0.717, 1.165) is 24.3 Å². The molecule has 3 rings (SSSR count). The van der Waals surface area contributed by atoms with Crippen LogP contribution in [-0.2, 0) is 13.0 Å². The molecule has 6 nitrogen and oxygen atoms in total. The highest BCUT2D eigenvalue weighted by atomic mass is 16.2. The fraction of sp³-hybridized carbons (Fsp3) is 0.273. The number of likely N-dealkylation sites (N-methyl/N-ethyl adjacent to an activating group) is 1. The summed E-state index contributed by atoms with van der Waals surface area (Å²) in [7, 11) is 1.97. The maximum Gasteiger partial charge on any atom is 0.272 e. The highest BCUT2D eigenvalue weighted by molar-refractivity contribution is 5.92. The number of nitrogens with zero attached hydrogens (tertiary/aromatic N) is 5. The summed E-state index contributed by atoms with van der Waals surface area (Å²) in [5.41, 5.74) is 2.73. The van der Waals surface area contributed by atoms with Crippen LogP contribution in [-0.4, -0.2) is 45.9 Å². The Labute approximate surface area is 165 Å². The van der Waals surface area contributed by atoms with E-state index < -0.39 is 0 Å². The largest absolute Gasteiger partial charge is 0.359 e. The van der Waals surface area contributed by atoms with Crippen LogP contribution in [0, 0.1) is 0 Å². The molecule has 1 amide bonds. The van der Waals surface area contributed by atoms with Crippen molar-refractivity contribution in [3.8, 4) is 0 Å². The lowest BCUT2D eigenvalue weighted by Gasteiger charge is -2.22. The maximum atomic E-state index is 12.9. The van der Waals surface area contributed by atoms with E-state index in [1.807, 2.05) is 61.3 Å². The Morgan fingerprint density at radius 1 is 1.00 bits per heavy atom. The summed E-state index contributed by atoms with van der Waals surface area (Å²) in [6, 6.07) is 15.8. The van der Waals surface area contributed by atoms with Crippen molar-refractivity contribution in [2.24, 2.45) is 0 Å². The van der Waals surface area contributed by atoms with Gasteiger partial charge in [-0.2, -0.15) is 0 Å². The fourth-order valence-corrected chi connectivity index (χ4v) is 2.93. The van der Waals surface area contributed by atoms with Crippen LogP contribution in [0.4, 0.5) is 5.82 Å². The van der Waals surface area contributed by atoms with Crippen molar-refractivity contribution in [3.05, 3.63) is 84.1 Å². The molecule has 2 heterocycles. The minimum Gasteiger partial charge on any atom is -0.359 e. The second kappa shape index (κ2) is 9.60. The van der Waals surface area contributed by atoms with Crippen molar-refractivity contribution in [1.29, 1.82) is 0 Å². The monoisotopic (exact) mass is 375 g/mol. The van der Waals surface area contributed by atoms with Gasteiger partial charge in [-0.3, -0.25) is 9.78 Å². The van der Waals surface area contributed by atoms with Gasteiger partial charge in [0.1, 0.15) is 17.8 Å². The summed E-state index contributed by atoms with van der Waals surface area (Å²) in [4.78, 5) is 29.4. The first-order chi connectivity index (χ1) is 13.7. The molecular weight excluding hydrogens is 350 g/mol. The third-order valence-corrected chi connectivity index (χ3v) is 4.63. The van der Waals surface area contributed by atoms with Crippen LogP contribution in [0.3, 0.4) is 0 Å². The quantitative estimate of drug-likeness (QED) is 0.605. The van der Waals surface area contributed by atoms with Crippen LogP contribution in [0.2, 0.25) is 0 Å². The molecule has 0 aliphatic carbocycles. The topological polar surface area (TPSA) is 62.2 Å².